The number of hydrogen-bond acceptors (Lipinski definition) is 19. The summed E-state index contributed by atoms with van der Waals surface area (Å²) in [6, 6.07) is 0. The summed E-state index contributed by atoms with van der Waals surface area (Å²) in [6.45, 7) is 16.2. The second-order valence-electron chi connectivity index (χ2n) is 22.8. The van der Waals surface area contributed by atoms with Crippen LogP contribution in [0.5, 0.6) is 0 Å². The molecule has 23 atom stereocenters. The van der Waals surface area contributed by atoms with E-state index in [9.17, 15) is 55.5 Å². The topological polar surface area (TPSA) is 290 Å². The summed E-state index contributed by atoms with van der Waals surface area (Å²) in [6.07, 6.45) is -1.55. The fraction of sp³-hybridized carbons (Fsp3) is 0.828. The minimum atomic E-state index is -1.12. The predicted octanol–water partition coefficient (Wildman–Crippen LogP) is 4.77. The zero-order valence-corrected chi connectivity index (χ0v) is 47.4. The number of ketones is 1. The van der Waals surface area contributed by atoms with Crippen molar-refractivity contribution >= 4 is 11.8 Å². The largest absolute Gasteiger partial charge is 0.462 e. The Morgan fingerprint density at radius 1 is 0.675 bits per heavy atom. The smallest absolute Gasteiger partial charge is 0.306 e. The third kappa shape index (κ3) is 22.4. The molecule has 0 aromatic rings. The molecule has 4 aliphatic rings. The molecule has 3 saturated heterocycles. The van der Waals surface area contributed by atoms with E-state index in [0.717, 1.165) is 0 Å². The van der Waals surface area contributed by atoms with Crippen LogP contribution in [0.1, 0.15) is 152 Å². The van der Waals surface area contributed by atoms with E-state index in [0.29, 0.717) is 37.7 Å². The highest BCUT2D eigenvalue weighted by molar-refractivity contribution is 5.95. The number of Topliss-reactive ketones (excluding diaryl/α,β-unsaturated/α-hetero) is 1. The second kappa shape index (κ2) is 33.4. The summed E-state index contributed by atoms with van der Waals surface area (Å²) in [7, 11) is 1.50. The monoisotopic (exact) mass is 1100 g/mol. The third-order valence-electron chi connectivity index (χ3n) is 15.7. The van der Waals surface area contributed by atoms with Crippen LogP contribution >= 0.6 is 0 Å². The van der Waals surface area contributed by atoms with Gasteiger partial charge in [-0.15, -0.1) is 0 Å². The first kappa shape index (κ1) is 67.0. The highest BCUT2D eigenvalue weighted by Crippen LogP contribution is 2.34. The van der Waals surface area contributed by atoms with Crippen molar-refractivity contribution in [1.82, 2.24) is 0 Å². The minimum absolute atomic E-state index is 0.00494. The van der Waals surface area contributed by atoms with Gasteiger partial charge in [-0.05, 0) is 64.9 Å². The van der Waals surface area contributed by atoms with Crippen molar-refractivity contribution in [1.29, 1.82) is 0 Å². The van der Waals surface area contributed by atoms with Crippen LogP contribution < -0.4 is 0 Å². The van der Waals surface area contributed by atoms with Gasteiger partial charge in [0.05, 0.1) is 79.4 Å². The van der Waals surface area contributed by atoms with Crippen molar-refractivity contribution in [2.45, 2.75) is 275 Å². The van der Waals surface area contributed by atoms with Crippen LogP contribution in [0.3, 0.4) is 0 Å². The lowest BCUT2D eigenvalue weighted by atomic mass is 9.81. The highest BCUT2D eigenvalue weighted by atomic mass is 16.7. The average Bonchev–Trinajstić information content (AvgIpc) is 3.36. The molecular weight excluding hydrogens is 1000 g/mol. The predicted molar refractivity (Wildman–Crippen MR) is 286 cm³/mol. The number of carbonyl (C=O) groups excluding carboxylic acids is 2. The first-order valence-electron chi connectivity index (χ1n) is 28.4. The Morgan fingerprint density at radius 2 is 1.29 bits per heavy atom. The summed E-state index contributed by atoms with van der Waals surface area (Å²) in [4.78, 5) is 26.5. The van der Waals surface area contributed by atoms with E-state index in [2.05, 4.69) is 0 Å². The van der Waals surface area contributed by atoms with Gasteiger partial charge in [-0.25, -0.2) is 0 Å². The Labute approximate surface area is 457 Å². The molecule has 0 aromatic heterocycles. The molecular formula is C58H98O19. The lowest BCUT2D eigenvalue weighted by Gasteiger charge is -2.43. The number of carbonyl (C=O) groups is 2. The van der Waals surface area contributed by atoms with Crippen LogP contribution in [0.25, 0.3) is 0 Å². The molecule has 0 aromatic carbocycles. The van der Waals surface area contributed by atoms with Crippen molar-refractivity contribution in [3.05, 3.63) is 48.1 Å². The molecule has 19 nitrogen and oxygen atoms in total. The molecule has 0 amide bonds. The zero-order valence-electron chi connectivity index (χ0n) is 47.4. The van der Waals surface area contributed by atoms with Gasteiger partial charge in [0, 0.05) is 76.2 Å². The van der Waals surface area contributed by atoms with Gasteiger partial charge in [0.1, 0.15) is 24.4 Å². The lowest BCUT2D eigenvalue weighted by molar-refractivity contribution is -0.314. The molecule has 0 saturated carbocycles. The summed E-state index contributed by atoms with van der Waals surface area (Å²) in [5.41, 5.74) is 0.404. The molecule has 4 aliphatic heterocycles. The number of rotatable bonds is 15. The maximum absolute atomic E-state index is 13.4. The molecule has 19 heteroatoms. The standard InChI is InChI=1S/C58H98O19/c1-32(2)24-48(76-54-31-50(58(69)39(9)73-54)77-52-29-46(64)56(67)37(7)71-52)36(6)55(66)35(5)45(63)28-47-34(4)18-14-11-12-15-19-40(59)25-43(74-53-30-49(70-10)57(68)38(8)72-53)26-42(61)23-22-33(3)44(62)27-41(60)20-16-13-17-21-51(65)75-47/h11-12,14-15,18-19,22,32,34-43,45-50,52-61,63-64,66-69H,13,16-17,20-21,23-31H2,1-10H3. The van der Waals surface area contributed by atoms with Gasteiger partial charge in [0.15, 0.2) is 24.7 Å². The molecule has 444 valence electrons. The van der Waals surface area contributed by atoms with Gasteiger partial charge < -0.3 is 83.9 Å². The first-order chi connectivity index (χ1) is 36.4. The van der Waals surface area contributed by atoms with Gasteiger partial charge in [0.25, 0.3) is 0 Å². The zero-order chi connectivity index (χ0) is 57.1. The summed E-state index contributed by atoms with van der Waals surface area (Å²) >= 11 is 0. The van der Waals surface area contributed by atoms with Crippen molar-refractivity contribution in [2.75, 3.05) is 7.11 Å². The van der Waals surface area contributed by atoms with Gasteiger partial charge in [-0.1, -0.05) is 90.0 Å². The van der Waals surface area contributed by atoms with Gasteiger partial charge >= 0.3 is 5.97 Å². The van der Waals surface area contributed by atoms with E-state index in [1.165, 1.54) is 7.11 Å². The number of aliphatic hydroxyl groups excluding tert-OH is 9. The van der Waals surface area contributed by atoms with E-state index in [4.69, 9.17) is 37.9 Å². The Hall–Kier alpha value is -2.54. The first-order valence-corrected chi connectivity index (χ1v) is 28.4. The van der Waals surface area contributed by atoms with Crippen molar-refractivity contribution < 1.29 is 93.4 Å². The summed E-state index contributed by atoms with van der Waals surface area (Å²) < 4.78 is 48.3. The fourth-order valence-electron chi connectivity index (χ4n) is 10.5. The number of hydrogen-bond donors (Lipinski definition) is 9. The number of allylic oxidation sites excluding steroid dienone is 5. The molecule has 23 unspecified atom stereocenters. The maximum atomic E-state index is 13.4. The SMILES string of the molecule is COC1CC(OC2CC(O)C=CC=CC=CC(C)C(CC(O)C(C)C(O)C(C)C(CC(C)C)OC3CC(OC4CC(O)C(O)C(C)O4)C(O)C(C)O3)OC(=O)CCCCCC(O)CC(=O)C(C)=CCC(O)C2)OC(C)C1O. The lowest BCUT2D eigenvalue weighted by Crippen LogP contribution is -2.54. The van der Waals surface area contributed by atoms with Crippen LogP contribution in [0.15, 0.2) is 48.1 Å². The Balaban J connectivity index is 1.47. The van der Waals surface area contributed by atoms with E-state index < -0.39 is 146 Å². The quantitative estimate of drug-likeness (QED) is 0.0998. The number of ether oxygens (including phenoxy) is 8. The molecule has 4 heterocycles. The second-order valence-corrected chi connectivity index (χ2v) is 22.8. The number of methoxy groups -OCH3 is 1. The number of aliphatic hydroxyl groups is 9. The summed E-state index contributed by atoms with van der Waals surface area (Å²) in [5.74, 6) is -2.19. The van der Waals surface area contributed by atoms with Crippen molar-refractivity contribution in [3.8, 4) is 0 Å². The fourth-order valence-corrected chi connectivity index (χ4v) is 10.5. The third-order valence-corrected chi connectivity index (χ3v) is 15.7. The molecule has 0 bridgehead atoms. The van der Waals surface area contributed by atoms with E-state index in [1.54, 1.807) is 71.1 Å². The van der Waals surface area contributed by atoms with E-state index in [-0.39, 0.29) is 69.5 Å². The van der Waals surface area contributed by atoms with Crippen LogP contribution in [-0.4, -0.2) is 187 Å². The number of esters is 1. The van der Waals surface area contributed by atoms with Crippen LogP contribution in [0.4, 0.5) is 0 Å². The minimum Gasteiger partial charge on any atom is -0.462 e. The Kier molecular flexibility index (Phi) is 29.0. The van der Waals surface area contributed by atoms with E-state index in [1.807, 2.05) is 33.8 Å². The van der Waals surface area contributed by atoms with Crippen LogP contribution in [0, 0.1) is 23.7 Å². The van der Waals surface area contributed by atoms with Gasteiger partial charge in [-0.3, -0.25) is 9.59 Å². The van der Waals surface area contributed by atoms with Crippen LogP contribution in [-0.2, 0) is 47.5 Å². The van der Waals surface area contributed by atoms with Gasteiger partial charge in [-0.2, -0.15) is 0 Å². The normalized spacial score (nSPS) is 38.6. The molecule has 4 rings (SSSR count). The Morgan fingerprint density at radius 3 is 1.94 bits per heavy atom. The Bertz CT molecular complexity index is 1830. The molecule has 0 spiro atoms. The highest BCUT2D eigenvalue weighted by Gasteiger charge is 2.44. The van der Waals surface area contributed by atoms with Crippen molar-refractivity contribution in [2.24, 2.45) is 23.7 Å². The number of cyclic esters (lactones) is 1. The van der Waals surface area contributed by atoms with Gasteiger partial charge in [0.2, 0.25) is 0 Å². The average molecular weight is 1100 g/mol. The van der Waals surface area contributed by atoms with Crippen LogP contribution in [0.2, 0.25) is 0 Å². The maximum Gasteiger partial charge on any atom is 0.306 e. The van der Waals surface area contributed by atoms with E-state index >= 15 is 0 Å². The molecule has 0 radical (unpaired) electrons. The summed E-state index contributed by atoms with van der Waals surface area (Å²) in [5, 5.41) is 98.8. The van der Waals surface area contributed by atoms with Crippen molar-refractivity contribution in [3.63, 3.8) is 0 Å². The molecule has 9 N–H and O–H groups in total. The molecule has 3 fully saturated rings. The molecule has 77 heavy (non-hydrogen) atoms. The molecule has 0 aliphatic carbocycles.